The standard InChI is InChI=1S/C8H19NS2/c1-4-9(5-7-10-2)6-8-11-3/h4-8H2,1-3H3/i5+1,6+1,7+1,8+1. The van der Waals surface area contributed by atoms with Crippen LogP contribution < -0.4 is 0 Å². The molecule has 0 heterocycles. The molecule has 0 rings (SSSR count). The van der Waals surface area contributed by atoms with Gasteiger partial charge in [-0.05, 0) is 19.1 Å². The molecule has 0 aromatic carbocycles. The monoisotopic (exact) mass is 197 g/mol. The summed E-state index contributed by atoms with van der Waals surface area (Å²) >= 11 is 3.86. The van der Waals surface area contributed by atoms with Crippen LogP contribution in [0.25, 0.3) is 0 Å². The van der Waals surface area contributed by atoms with Crippen molar-refractivity contribution in [1.82, 2.24) is 4.90 Å². The summed E-state index contributed by atoms with van der Waals surface area (Å²) in [5.74, 6) is 2.53. The largest absolute Gasteiger partial charge is 0.302 e. The fourth-order valence-corrected chi connectivity index (χ4v) is 1.75. The molecule has 0 aromatic heterocycles. The summed E-state index contributed by atoms with van der Waals surface area (Å²) in [6, 6.07) is 0. The molecule has 0 spiro atoms. The van der Waals surface area contributed by atoms with Gasteiger partial charge >= 0.3 is 0 Å². The van der Waals surface area contributed by atoms with Gasteiger partial charge in [-0.2, -0.15) is 23.5 Å². The second-order valence-corrected chi connectivity index (χ2v) is 4.39. The van der Waals surface area contributed by atoms with Crippen LogP contribution >= 0.6 is 23.5 Å². The summed E-state index contributed by atoms with van der Waals surface area (Å²) < 4.78 is 0. The van der Waals surface area contributed by atoms with Crippen LogP contribution in [-0.2, 0) is 0 Å². The van der Waals surface area contributed by atoms with Crippen LogP contribution in [0.4, 0.5) is 0 Å². The number of nitrogens with zero attached hydrogens (tertiary/aromatic N) is 1. The number of rotatable bonds is 7. The van der Waals surface area contributed by atoms with Crippen molar-refractivity contribution in [3.05, 3.63) is 0 Å². The highest BCUT2D eigenvalue weighted by Crippen LogP contribution is 1.98. The van der Waals surface area contributed by atoms with Gasteiger partial charge in [0.05, 0.1) is 0 Å². The van der Waals surface area contributed by atoms with Gasteiger partial charge in [0, 0.05) is 24.6 Å². The fraction of sp³-hybridized carbons (Fsp3) is 1.00. The lowest BCUT2D eigenvalue weighted by molar-refractivity contribution is 0.326. The molecule has 0 aromatic rings. The van der Waals surface area contributed by atoms with E-state index in [0.29, 0.717) is 0 Å². The van der Waals surface area contributed by atoms with Crippen LogP contribution in [0.1, 0.15) is 6.92 Å². The Morgan fingerprint density at radius 3 is 1.73 bits per heavy atom. The molecule has 1 nitrogen and oxygen atoms in total. The molecule has 0 amide bonds. The van der Waals surface area contributed by atoms with Gasteiger partial charge in [-0.15, -0.1) is 0 Å². The quantitative estimate of drug-likeness (QED) is 0.575. The van der Waals surface area contributed by atoms with E-state index in [4.69, 9.17) is 0 Å². The summed E-state index contributed by atoms with van der Waals surface area (Å²) in [5.41, 5.74) is 0. The summed E-state index contributed by atoms with van der Waals surface area (Å²) in [6.45, 7) is 5.93. The van der Waals surface area contributed by atoms with Crippen LogP contribution in [0.3, 0.4) is 0 Å². The van der Waals surface area contributed by atoms with Gasteiger partial charge in [-0.1, -0.05) is 6.92 Å². The Morgan fingerprint density at radius 2 is 1.45 bits per heavy atom. The van der Waals surface area contributed by atoms with Gasteiger partial charge in [-0.25, -0.2) is 0 Å². The van der Waals surface area contributed by atoms with E-state index < -0.39 is 0 Å². The Hall–Kier alpha value is 0.660. The molecule has 11 heavy (non-hydrogen) atoms. The predicted octanol–water partition coefficient (Wildman–Crippen LogP) is 2.03. The molecular formula is C8H19NS2. The van der Waals surface area contributed by atoms with E-state index in [1.807, 2.05) is 23.5 Å². The van der Waals surface area contributed by atoms with Crippen LogP contribution in [0.2, 0.25) is 0 Å². The van der Waals surface area contributed by atoms with Crippen molar-refractivity contribution in [3.63, 3.8) is 0 Å². The van der Waals surface area contributed by atoms with E-state index in [2.05, 4.69) is 24.3 Å². The van der Waals surface area contributed by atoms with E-state index in [-0.39, 0.29) is 0 Å². The average Bonchev–Trinajstić information content (AvgIpc) is 2.05. The Balaban J connectivity index is 3.25. The van der Waals surface area contributed by atoms with Gasteiger partial charge in [0.15, 0.2) is 0 Å². The van der Waals surface area contributed by atoms with Crippen molar-refractivity contribution < 1.29 is 0 Å². The average molecular weight is 197 g/mol. The second-order valence-electron chi connectivity index (χ2n) is 2.42. The first-order valence-corrected chi connectivity index (χ1v) is 6.84. The maximum absolute atomic E-state index is 2.51. The maximum Gasteiger partial charge on any atom is 0.00725 e. The number of thioether (sulfide) groups is 2. The number of hydrogen-bond donors (Lipinski definition) is 0. The normalized spacial score (nSPS) is 10.9. The van der Waals surface area contributed by atoms with Crippen molar-refractivity contribution in [2.24, 2.45) is 0 Å². The van der Waals surface area contributed by atoms with Crippen molar-refractivity contribution in [2.75, 3.05) is 43.7 Å². The Kier molecular flexibility index (Phi) is 9.28. The van der Waals surface area contributed by atoms with E-state index >= 15 is 0 Å². The zero-order valence-corrected chi connectivity index (χ0v) is 9.43. The zero-order valence-electron chi connectivity index (χ0n) is 7.80. The van der Waals surface area contributed by atoms with E-state index in [0.717, 1.165) is 0 Å². The molecule has 68 valence electrons. The van der Waals surface area contributed by atoms with E-state index in [1.165, 1.54) is 31.1 Å². The molecule has 0 bridgehead atoms. The lowest BCUT2D eigenvalue weighted by Crippen LogP contribution is -2.28. The molecule has 0 atom stereocenters. The minimum absolute atomic E-state index is 1.20. The highest BCUT2D eigenvalue weighted by molar-refractivity contribution is 7.98. The molecular weight excluding hydrogens is 178 g/mol. The Bertz CT molecular complexity index is 70.5. The van der Waals surface area contributed by atoms with Gasteiger partial charge in [0.2, 0.25) is 0 Å². The summed E-state index contributed by atoms with van der Waals surface area (Å²) in [6.07, 6.45) is 4.34. The van der Waals surface area contributed by atoms with Gasteiger partial charge in [0.1, 0.15) is 0 Å². The first-order chi connectivity index (χ1) is 5.35. The predicted molar refractivity (Wildman–Crippen MR) is 58.9 cm³/mol. The zero-order chi connectivity index (χ0) is 8.53. The Labute approximate surface area is 79.3 Å². The third-order valence-electron chi connectivity index (χ3n) is 1.67. The lowest BCUT2D eigenvalue weighted by Gasteiger charge is -2.18. The van der Waals surface area contributed by atoms with E-state index in [9.17, 15) is 0 Å². The summed E-state index contributed by atoms with van der Waals surface area (Å²) in [7, 11) is 0. The van der Waals surface area contributed by atoms with Crippen molar-refractivity contribution in [3.8, 4) is 0 Å². The molecule has 3 heteroatoms. The highest BCUT2D eigenvalue weighted by Gasteiger charge is 1.99. The minimum atomic E-state index is 1.20. The van der Waals surface area contributed by atoms with Crippen LogP contribution in [0.5, 0.6) is 0 Å². The maximum atomic E-state index is 2.51. The molecule has 0 aliphatic heterocycles. The minimum Gasteiger partial charge on any atom is -0.302 e. The molecule has 0 N–H and O–H groups in total. The van der Waals surface area contributed by atoms with Crippen molar-refractivity contribution in [2.45, 2.75) is 6.92 Å². The van der Waals surface area contributed by atoms with Gasteiger partial charge < -0.3 is 4.90 Å². The molecule has 0 radical (unpaired) electrons. The first kappa shape index (κ1) is 11.7. The molecule has 0 saturated carbocycles. The SMILES string of the molecule is CCN([13CH2][13CH2]SC)[13CH2][13CH2]SC. The summed E-state index contributed by atoms with van der Waals surface area (Å²) in [5, 5.41) is 0. The molecule has 0 aliphatic carbocycles. The highest BCUT2D eigenvalue weighted by atomic mass is 32.2. The third kappa shape index (κ3) is 7.04. The molecule has 0 unspecified atom stereocenters. The van der Waals surface area contributed by atoms with E-state index in [1.54, 1.807) is 0 Å². The number of hydrogen-bond acceptors (Lipinski definition) is 3. The van der Waals surface area contributed by atoms with Gasteiger partial charge in [-0.3, -0.25) is 0 Å². The third-order valence-corrected chi connectivity index (χ3v) is 2.85. The lowest BCUT2D eigenvalue weighted by atomic mass is 10.8. The van der Waals surface area contributed by atoms with Crippen LogP contribution in [0.15, 0.2) is 0 Å². The van der Waals surface area contributed by atoms with Crippen LogP contribution in [-0.4, -0.2) is 48.6 Å². The topological polar surface area (TPSA) is 3.24 Å². The second kappa shape index (κ2) is 8.75. The van der Waals surface area contributed by atoms with Crippen LogP contribution in [0, 0.1) is 0 Å². The van der Waals surface area contributed by atoms with Crippen molar-refractivity contribution >= 4 is 23.5 Å². The first-order valence-electron chi connectivity index (χ1n) is 4.05. The Morgan fingerprint density at radius 1 is 1.00 bits per heavy atom. The van der Waals surface area contributed by atoms with Gasteiger partial charge in [0.25, 0.3) is 0 Å². The fourth-order valence-electron chi connectivity index (χ4n) is 0.869. The molecule has 0 fully saturated rings. The van der Waals surface area contributed by atoms with Crippen molar-refractivity contribution in [1.29, 1.82) is 0 Å². The molecule has 0 saturated heterocycles. The summed E-state index contributed by atoms with van der Waals surface area (Å²) in [4.78, 5) is 2.51. The smallest absolute Gasteiger partial charge is 0.00725 e. The molecule has 0 aliphatic rings.